The molecule has 2 aliphatic rings. The number of carbonyl (C=O) groups is 2. The summed E-state index contributed by atoms with van der Waals surface area (Å²) in [5.74, 6) is -2.49. The van der Waals surface area contributed by atoms with Crippen LogP contribution in [0.4, 0.5) is 18.9 Å². The Morgan fingerprint density at radius 2 is 1.86 bits per heavy atom. The summed E-state index contributed by atoms with van der Waals surface area (Å²) >= 11 is 6.24. The van der Waals surface area contributed by atoms with Crippen LogP contribution in [0.25, 0.3) is 11.1 Å². The van der Waals surface area contributed by atoms with E-state index in [4.69, 9.17) is 26.8 Å². The van der Waals surface area contributed by atoms with E-state index in [1.54, 1.807) is 18.2 Å². The number of fused-ring (bicyclic) bond motifs is 3. The standard InChI is InChI=1S/C30H29ClF3N3O5/c31-18-5-4-16-9-26(28(33)34)42-15-17-14-37(27(38)13-23(17)22(16)10-18)25(12-20-3-1-2-8-41-20)30(40)36-19-6-7-21(29(35)39)24(32)11-19/h4-7,10-11,13-14,20,25-26,28H,1-3,8-9,12,15H2,(H2,35,39)(H,36,40)/t20-,25-,26-/m0/s1. The van der Waals surface area contributed by atoms with E-state index in [1.807, 2.05) is 0 Å². The number of alkyl halides is 2. The molecule has 5 rings (SSSR count). The van der Waals surface area contributed by atoms with E-state index in [2.05, 4.69) is 5.32 Å². The topological polar surface area (TPSA) is 113 Å². The van der Waals surface area contributed by atoms with E-state index in [0.717, 1.165) is 25.0 Å². The Morgan fingerprint density at radius 3 is 2.55 bits per heavy atom. The molecule has 3 heterocycles. The van der Waals surface area contributed by atoms with Crippen LogP contribution in [0.3, 0.4) is 0 Å². The number of halogens is 4. The minimum atomic E-state index is -2.75. The van der Waals surface area contributed by atoms with Gasteiger partial charge >= 0.3 is 0 Å². The number of anilines is 1. The highest BCUT2D eigenvalue weighted by Crippen LogP contribution is 2.34. The van der Waals surface area contributed by atoms with Crippen molar-refractivity contribution in [3.8, 4) is 11.1 Å². The summed E-state index contributed by atoms with van der Waals surface area (Å²) in [6, 6.07) is 8.55. The van der Waals surface area contributed by atoms with Crippen molar-refractivity contribution in [3.63, 3.8) is 0 Å². The Bertz CT molecular complexity index is 1560. The number of nitrogens with zero attached hydrogens (tertiary/aromatic N) is 1. The van der Waals surface area contributed by atoms with Gasteiger partial charge in [-0.3, -0.25) is 14.4 Å². The van der Waals surface area contributed by atoms with Gasteiger partial charge in [0.05, 0.1) is 18.3 Å². The first-order valence-corrected chi connectivity index (χ1v) is 13.9. The zero-order valence-corrected chi connectivity index (χ0v) is 23.2. The van der Waals surface area contributed by atoms with Crippen molar-refractivity contribution in [2.24, 2.45) is 5.73 Å². The van der Waals surface area contributed by atoms with Crippen LogP contribution in [0, 0.1) is 5.82 Å². The lowest BCUT2D eigenvalue weighted by atomic mass is 9.92. The minimum absolute atomic E-state index is 0.0584. The molecule has 1 fully saturated rings. The highest BCUT2D eigenvalue weighted by molar-refractivity contribution is 6.30. The first kappa shape index (κ1) is 29.8. The lowest BCUT2D eigenvalue weighted by Gasteiger charge is -2.29. The van der Waals surface area contributed by atoms with Crippen molar-refractivity contribution in [1.29, 1.82) is 0 Å². The third-order valence-corrected chi connectivity index (χ3v) is 7.82. The maximum atomic E-state index is 14.4. The van der Waals surface area contributed by atoms with Crippen LogP contribution in [0.1, 0.15) is 53.2 Å². The molecule has 1 saturated heterocycles. The van der Waals surface area contributed by atoms with Gasteiger partial charge in [0.15, 0.2) is 0 Å². The average molecular weight is 604 g/mol. The SMILES string of the molecule is NC(=O)c1ccc(NC(=O)[C@H](C[C@@H]2CCCCO2)n2cc3c(cc2=O)-c2cc(Cl)ccc2C[C@@H](C(F)F)OC3)cc1F. The summed E-state index contributed by atoms with van der Waals surface area (Å²) in [6.45, 7) is 0.281. The second-order valence-electron chi connectivity index (χ2n) is 10.4. The van der Waals surface area contributed by atoms with E-state index in [0.29, 0.717) is 40.3 Å². The van der Waals surface area contributed by atoms with Crippen LogP contribution in [0.15, 0.2) is 53.5 Å². The summed E-state index contributed by atoms with van der Waals surface area (Å²) in [6.07, 6.45) is -0.499. The number of carbonyl (C=O) groups excluding carboxylic acids is 2. The van der Waals surface area contributed by atoms with Gasteiger partial charge in [-0.1, -0.05) is 17.7 Å². The number of ether oxygens (including phenoxy) is 2. The molecule has 0 saturated carbocycles. The molecule has 2 aromatic carbocycles. The quantitative estimate of drug-likeness (QED) is 0.383. The number of nitrogens with one attached hydrogen (secondary N) is 1. The lowest BCUT2D eigenvalue weighted by molar-refractivity contribution is -0.121. The Hall–Kier alpha value is -3.67. The highest BCUT2D eigenvalue weighted by Gasteiger charge is 2.31. The van der Waals surface area contributed by atoms with Crippen LogP contribution in [0.2, 0.25) is 5.02 Å². The number of nitrogens with two attached hydrogens (primary N) is 1. The van der Waals surface area contributed by atoms with Gasteiger partial charge < -0.3 is 25.1 Å². The molecular weight excluding hydrogens is 575 g/mol. The molecule has 2 aliphatic heterocycles. The van der Waals surface area contributed by atoms with E-state index >= 15 is 0 Å². The monoisotopic (exact) mass is 603 g/mol. The number of rotatable bonds is 7. The fraction of sp³-hybridized carbons (Fsp3) is 0.367. The smallest absolute Gasteiger partial charge is 0.264 e. The molecule has 3 aromatic rings. The molecule has 0 aliphatic carbocycles. The van der Waals surface area contributed by atoms with E-state index in [-0.39, 0.29) is 36.8 Å². The largest absolute Gasteiger partial charge is 0.378 e. The van der Waals surface area contributed by atoms with Gasteiger partial charge in [0.25, 0.3) is 17.9 Å². The van der Waals surface area contributed by atoms with Crippen LogP contribution in [-0.4, -0.2) is 41.6 Å². The van der Waals surface area contributed by atoms with Crippen molar-refractivity contribution >= 4 is 29.1 Å². The maximum Gasteiger partial charge on any atom is 0.264 e. The molecule has 42 heavy (non-hydrogen) atoms. The van der Waals surface area contributed by atoms with Gasteiger partial charge in [-0.05, 0) is 66.3 Å². The summed E-state index contributed by atoms with van der Waals surface area (Å²) in [7, 11) is 0. The van der Waals surface area contributed by atoms with Crippen molar-refractivity contribution in [2.75, 3.05) is 11.9 Å². The molecule has 0 spiro atoms. The van der Waals surface area contributed by atoms with Gasteiger partial charge in [0.2, 0.25) is 5.91 Å². The van der Waals surface area contributed by atoms with Crippen LogP contribution in [0.5, 0.6) is 0 Å². The molecule has 222 valence electrons. The number of benzene rings is 2. The van der Waals surface area contributed by atoms with Crippen LogP contribution < -0.4 is 16.6 Å². The van der Waals surface area contributed by atoms with Gasteiger partial charge in [0.1, 0.15) is 18.0 Å². The van der Waals surface area contributed by atoms with Crippen LogP contribution >= 0.6 is 11.6 Å². The number of hydrogen-bond donors (Lipinski definition) is 2. The molecule has 12 heteroatoms. The summed E-state index contributed by atoms with van der Waals surface area (Å²) in [4.78, 5) is 38.7. The van der Waals surface area contributed by atoms with E-state index in [1.165, 1.54) is 22.9 Å². The van der Waals surface area contributed by atoms with E-state index < -0.39 is 41.8 Å². The molecule has 3 N–H and O–H groups in total. The van der Waals surface area contributed by atoms with Gasteiger partial charge in [0, 0.05) is 48.0 Å². The van der Waals surface area contributed by atoms with Crippen molar-refractivity contribution in [2.45, 2.75) is 63.4 Å². The number of aromatic nitrogens is 1. The Balaban J connectivity index is 1.55. The Labute approximate surface area is 244 Å². The van der Waals surface area contributed by atoms with Gasteiger partial charge in [-0.2, -0.15) is 0 Å². The Morgan fingerprint density at radius 1 is 1.07 bits per heavy atom. The number of amides is 2. The average Bonchev–Trinajstić information content (AvgIpc) is 2.94. The predicted octanol–water partition coefficient (Wildman–Crippen LogP) is 5.25. The molecule has 8 nitrogen and oxygen atoms in total. The van der Waals surface area contributed by atoms with Crippen LogP contribution in [-0.2, 0) is 27.3 Å². The Kier molecular flexibility index (Phi) is 9.00. The van der Waals surface area contributed by atoms with Gasteiger partial charge in [-0.25, -0.2) is 13.2 Å². The molecule has 2 amide bonds. The number of primary amides is 1. The zero-order valence-electron chi connectivity index (χ0n) is 22.5. The first-order chi connectivity index (χ1) is 20.1. The minimum Gasteiger partial charge on any atom is -0.378 e. The number of pyridine rings is 1. The normalized spacial score (nSPS) is 19.3. The third kappa shape index (κ3) is 6.53. The molecule has 0 bridgehead atoms. The molecule has 0 radical (unpaired) electrons. The molecule has 1 aromatic heterocycles. The first-order valence-electron chi connectivity index (χ1n) is 13.6. The molecule has 3 atom stereocenters. The zero-order chi connectivity index (χ0) is 30.0. The fourth-order valence-electron chi connectivity index (χ4n) is 5.42. The molecular formula is C30H29ClF3N3O5. The maximum absolute atomic E-state index is 14.4. The lowest BCUT2D eigenvalue weighted by Crippen LogP contribution is -2.37. The van der Waals surface area contributed by atoms with Crippen molar-refractivity contribution in [3.05, 3.63) is 86.5 Å². The predicted molar refractivity (Wildman–Crippen MR) is 150 cm³/mol. The highest BCUT2D eigenvalue weighted by atomic mass is 35.5. The summed E-state index contributed by atoms with van der Waals surface area (Å²) in [5.41, 5.74) is 6.36. The summed E-state index contributed by atoms with van der Waals surface area (Å²) < 4.78 is 54.7. The number of hydrogen-bond acceptors (Lipinski definition) is 5. The second kappa shape index (κ2) is 12.7. The summed E-state index contributed by atoms with van der Waals surface area (Å²) in [5, 5.41) is 2.99. The third-order valence-electron chi connectivity index (χ3n) is 7.58. The fourth-order valence-corrected chi connectivity index (χ4v) is 5.59. The van der Waals surface area contributed by atoms with Crippen molar-refractivity contribution < 1.29 is 32.2 Å². The van der Waals surface area contributed by atoms with E-state index in [9.17, 15) is 27.6 Å². The molecule has 0 unspecified atom stereocenters. The van der Waals surface area contributed by atoms with Gasteiger partial charge in [-0.15, -0.1) is 0 Å². The second-order valence-corrected chi connectivity index (χ2v) is 10.9. The van der Waals surface area contributed by atoms with Crippen molar-refractivity contribution in [1.82, 2.24) is 4.57 Å².